The Labute approximate surface area is 115 Å². The minimum atomic E-state index is 0.281. The van der Waals surface area contributed by atoms with Crippen molar-refractivity contribution in [2.75, 3.05) is 31.7 Å². The van der Waals surface area contributed by atoms with Crippen LogP contribution in [0.2, 0.25) is 0 Å². The van der Waals surface area contributed by atoms with Crippen LogP contribution >= 0.6 is 0 Å². The fraction of sp³-hybridized carbons (Fsp3) is 0.714. The van der Waals surface area contributed by atoms with Crippen LogP contribution in [-0.4, -0.2) is 41.0 Å². The number of hydrogen-bond acceptors (Lipinski definition) is 5. The Kier molecular flexibility index (Phi) is 4.24. The van der Waals surface area contributed by atoms with E-state index in [0.717, 1.165) is 30.8 Å². The van der Waals surface area contributed by atoms with Gasteiger partial charge in [-0.05, 0) is 39.8 Å². The largest absolute Gasteiger partial charge is 0.383 e. The number of aromatic nitrogens is 2. The molecule has 19 heavy (non-hydrogen) atoms. The number of nitrogens with zero attached hydrogens (tertiary/aromatic N) is 3. The molecule has 0 amide bonds. The molecule has 0 radical (unpaired) electrons. The van der Waals surface area contributed by atoms with Crippen LogP contribution in [-0.2, 0) is 6.42 Å². The van der Waals surface area contributed by atoms with E-state index in [-0.39, 0.29) is 5.54 Å². The minimum Gasteiger partial charge on any atom is -0.383 e. The molecule has 1 aliphatic carbocycles. The zero-order chi connectivity index (χ0) is 13.9. The zero-order valence-electron chi connectivity index (χ0n) is 12.2. The van der Waals surface area contributed by atoms with Crippen molar-refractivity contribution in [3.63, 3.8) is 0 Å². The van der Waals surface area contributed by atoms with Gasteiger partial charge in [0.2, 0.25) is 0 Å². The van der Waals surface area contributed by atoms with Gasteiger partial charge >= 0.3 is 0 Å². The molecule has 1 aliphatic rings. The SMILES string of the molecule is CCCc1c(N)ncnc1NCC1(N(C)C)CCC1. The molecule has 0 spiro atoms. The fourth-order valence-electron chi connectivity index (χ4n) is 2.69. The third-order valence-corrected chi connectivity index (χ3v) is 4.30. The molecule has 2 rings (SSSR count). The summed E-state index contributed by atoms with van der Waals surface area (Å²) in [5, 5.41) is 3.49. The van der Waals surface area contributed by atoms with E-state index < -0.39 is 0 Å². The third-order valence-electron chi connectivity index (χ3n) is 4.30. The average Bonchev–Trinajstić information content (AvgIpc) is 2.31. The van der Waals surface area contributed by atoms with Crippen LogP contribution in [0, 0.1) is 0 Å². The van der Waals surface area contributed by atoms with Crippen molar-refractivity contribution in [2.45, 2.75) is 44.6 Å². The summed E-state index contributed by atoms with van der Waals surface area (Å²) in [7, 11) is 4.31. The highest BCUT2D eigenvalue weighted by Gasteiger charge is 2.38. The fourth-order valence-corrected chi connectivity index (χ4v) is 2.69. The molecular formula is C14H25N5. The Balaban J connectivity index is 2.09. The number of nitrogen functional groups attached to an aromatic ring is 1. The van der Waals surface area contributed by atoms with Crippen LogP contribution < -0.4 is 11.1 Å². The molecule has 1 heterocycles. The van der Waals surface area contributed by atoms with Gasteiger partial charge in [0.15, 0.2) is 0 Å². The average molecular weight is 263 g/mol. The molecule has 1 saturated carbocycles. The van der Waals surface area contributed by atoms with Crippen LogP contribution in [0.1, 0.15) is 38.2 Å². The zero-order valence-corrected chi connectivity index (χ0v) is 12.2. The Bertz CT molecular complexity index is 426. The lowest BCUT2D eigenvalue weighted by Gasteiger charge is -2.47. The highest BCUT2D eigenvalue weighted by atomic mass is 15.2. The second-order valence-corrected chi connectivity index (χ2v) is 5.66. The van der Waals surface area contributed by atoms with E-state index in [1.807, 2.05) is 0 Å². The van der Waals surface area contributed by atoms with Crippen molar-refractivity contribution in [1.82, 2.24) is 14.9 Å². The number of rotatable bonds is 6. The van der Waals surface area contributed by atoms with Crippen molar-refractivity contribution in [3.8, 4) is 0 Å². The van der Waals surface area contributed by atoms with Crippen LogP contribution in [0.15, 0.2) is 6.33 Å². The first-order valence-electron chi connectivity index (χ1n) is 7.10. The first-order valence-corrected chi connectivity index (χ1v) is 7.10. The number of nitrogens with two attached hydrogens (primary N) is 1. The van der Waals surface area contributed by atoms with Gasteiger partial charge in [0.1, 0.15) is 18.0 Å². The van der Waals surface area contributed by atoms with E-state index in [1.165, 1.54) is 19.3 Å². The molecule has 5 heteroatoms. The second-order valence-electron chi connectivity index (χ2n) is 5.66. The highest BCUT2D eigenvalue weighted by molar-refractivity contribution is 5.55. The van der Waals surface area contributed by atoms with Gasteiger partial charge in [-0.2, -0.15) is 0 Å². The summed E-state index contributed by atoms with van der Waals surface area (Å²) in [4.78, 5) is 10.8. The van der Waals surface area contributed by atoms with Gasteiger partial charge in [-0.15, -0.1) is 0 Å². The number of anilines is 2. The molecule has 3 N–H and O–H groups in total. The maximum Gasteiger partial charge on any atom is 0.134 e. The lowest BCUT2D eigenvalue weighted by molar-refractivity contribution is 0.0738. The van der Waals surface area contributed by atoms with Crippen molar-refractivity contribution in [2.24, 2.45) is 0 Å². The highest BCUT2D eigenvalue weighted by Crippen LogP contribution is 2.36. The maximum absolute atomic E-state index is 5.95. The second kappa shape index (κ2) is 5.74. The first kappa shape index (κ1) is 14.1. The topological polar surface area (TPSA) is 67.1 Å². The molecule has 1 fully saturated rings. The summed E-state index contributed by atoms with van der Waals surface area (Å²) < 4.78 is 0. The van der Waals surface area contributed by atoms with Crippen LogP contribution in [0.4, 0.5) is 11.6 Å². The van der Waals surface area contributed by atoms with E-state index in [0.29, 0.717) is 5.82 Å². The number of likely N-dealkylation sites (N-methyl/N-ethyl adjacent to an activating group) is 1. The smallest absolute Gasteiger partial charge is 0.134 e. The summed E-state index contributed by atoms with van der Waals surface area (Å²) in [5.74, 6) is 1.51. The van der Waals surface area contributed by atoms with Gasteiger partial charge in [0.25, 0.3) is 0 Å². The predicted molar refractivity (Wildman–Crippen MR) is 79.2 cm³/mol. The van der Waals surface area contributed by atoms with Crippen molar-refractivity contribution < 1.29 is 0 Å². The Morgan fingerprint density at radius 3 is 2.63 bits per heavy atom. The maximum atomic E-state index is 5.95. The summed E-state index contributed by atoms with van der Waals surface area (Å²) in [6.45, 7) is 3.07. The number of nitrogens with one attached hydrogen (secondary N) is 1. The Morgan fingerprint density at radius 1 is 1.37 bits per heavy atom. The standard InChI is InChI=1S/C14H25N5/c1-4-6-11-12(15)17-10-18-13(11)16-9-14(19(2)3)7-5-8-14/h10H,4-9H2,1-3H3,(H3,15,16,17,18). The van der Waals surface area contributed by atoms with E-state index in [2.05, 4.69) is 41.2 Å². The summed E-state index contributed by atoms with van der Waals surface area (Å²) in [6.07, 6.45) is 7.32. The molecule has 0 aliphatic heterocycles. The van der Waals surface area contributed by atoms with Crippen LogP contribution in [0.3, 0.4) is 0 Å². The Hall–Kier alpha value is -1.36. The van der Waals surface area contributed by atoms with Crippen molar-refractivity contribution in [3.05, 3.63) is 11.9 Å². The van der Waals surface area contributed by atoms with E-state index in [9.17, 15) is 0 Å². The number of hydrogen-bond donors (Lipinski definition) is 2. The summed E-state index contributed by atoms with van der Waals surface area (Å²) in [5.41, 5.74) is 7.29. The lowest BCUT2D eigenvalue weighted by atomic mass is 9.75. The van der Waals surface area contributed by atoms with Gasteiger partial charge in [0.05, 0.1) is 0 Å². The normalized spacial score (nSPS) is 17.3. The first-order chi connectivity index (χ1) is 9.09. The predicted octanol–water partition coefficient (Wildman–Crippen LogP) is 1.91. The molecular weight excluding hydrogens is 238 g/mol. The molecule has 106 valence electrons. The van der Waals surface area contributed by atoms with Crippen molar-refractivity contribution >= 4 is 11.6 Å². The van der Waals surface area contributed by atoms with Gasteiger partial charge in [0, 0.05) is 17.6 Å². The van der Waals surface area contributed by atoms with E-state index in [4.69, 9.17) is 5.73 Å². The van der Waals surface area contributed by atoms with Crippen molar-refractivity contribution in [1.29, 1.82) is 0 Å². The lowest BCUT2D eigenvalue weighted by Crippen LogP contribution is -2.54. The van der Waals surface area contributed by atoms with E-state index in [1.54, 1.807) is 6.33 Å². The quantitative estimate of drug-likeness (QED) is 0.820. The van der Waals surface area contributed by atoms with Gasteiger partial charge < -0.3 is 16.0 Å². The van der Waals surface area contributed by atoms with Crippen LogP contribution in [0.25, 0.3) is 0 Å². The van der Waals surface area contributed by atoms with Gasteiger partial charge in [-0.25, -0.2) is 9.97 Å². The molecule has 0 saturated heterocycles. The third kappa shape index (κ3) is 2.81. The van der Waals surface area contributed by atoms with Gasteiger partial charge in [-0.3, -0.25) is 0 Å². The molecule has 0 unspecified atom stereocenters. The van der Waals surface area contributed by atoms with Gasteiger partial charge in [-0.1, -0.05) is 13.3 Å². The van der Waals surface area contributed by atoms with Crippen LogP contribution in [0.5, 0.6) is 0 Å². The molecule has 0 aromatic carbocycles. The molecule has 1 aromatic heterocycles. The molecule has 1 aromatic rings. The summed E-state index contributed by atoms with van der Waals surface area (Å²) >= 11 is 0. The molecule has 5 nitrogen and oxygen atoms in total. The molecule has 0 bridgehead atoms. The molecule has 0 atom stereocenters. The minimum absolute atomic E-state index is 0.281. The monoisotopic (exact) mass is 263 g/mol. The van der Waals surface area contributed by atoms with E-state index >= 15 is 0 Å². The Morgan fingerprint density at radius 2 is 2.11 bits per heavy atom. The summed E-state index contributed by atoms with van der Waals surface area (Å²) in [6, 6.07) is 0.